The molecule has 24 heavy (non-hydrogen) atoms. The lowest BCUT2D eigenvalue weighted by Crippen LogP contribution is -2.22. The first-order valence-electron chi connectivity index (χ1n) is 6.54. The Balaban J connectivity index is 2.31. The van der Waals surface area contributed by atoms with Gasteiger partial charge in [0.15, 0.2) is 0 Å². The third kappa shape index (κ3) is 3.71. The summed E-state index contributed by atoms with van der Waals surface area (Å²) in [7, 11) is -5.19. The highest BCUT2D eigenvalue weighted by atomic mass is 32.2. The van der Waals surface area contributed by atoms with Crippen LogP contribution in [-0.4, -0.2) is 35.2 Å². The second kappa shape index (κ2) is 6.46. The Bertz CT molecular complexity index is 957. The standard InChI is InChI=1S/C14H14F2N2O4S2/c1-18(2)24(21,22)12-6-4-11(5-7-12)17-23(19,20)14-8-3-10(15)9-13(14)16/h3-9,17H,1-2H3. The Morgan fingerprint density at radius 2 is 1.50 bits per heavy atom. The number of nitrogens with one attached hydrogen (secondary N) is 1. The van der Waals surface area contributed by atoms with Crippen molar-refractivity contribution in [3.63, 3.8) is 0 Å². The van der Waals surface area contributed by atoms with Crippen LogP contribution in [0.1, 0.15) is 0 Å². The van der Waals surface area contributed by atoms with Gasteiger partial charge in [0.1, 0.15) is 16.5 Å². The molecule has 6 nitrogen and oxygen atoms in total. The maximum atomic E-state index is 13.6. The summed E-state index contributed by atoms with van der Waals surface area (Å²) in [5, 5.41) is 0. The van der Waals surface area contributed by atoms with Crippen molar-refractivity contribution in [3.8, 4) is 0 Å². The normalized spacial score (nSPS) is 12.4. The minimum absolute atomic E-state index is 0.0246. The highest BCUT2D eigenvalue weighted by Gasteiger charge is 2.21. The van der Waals surface area contributed by atoms with E-state index in [9.17, 15) is 25.6 Å². The van der Waals surface area contributed by atoms with Crippen LogP contribution in [0.5, 0.6) is 0 Å². The van der Waals surface area contributed by atoms with Crippen LogP contribution in [0.2, 0.25) is 0 Å². The molecule has 2 aromatic carbocycles. The summed E-state index contributed by atoms with van der Waals surface area (Å²) in [5.41, 5.74) is 0.0384. The van der Waals surface area contributed by atoms with Gasteiger partial charge in [0.05, 0.1) is 4.90 Å². The number of nitrogens with zero attached hydrogens (tertiary/aromatic N) is 1. The number of hydrogen-bond donors (Lipinski definition) is 1. The van der Waals surface area contributed by atoms with Crippen LogP contribution in [0.3, 0.4) is 0 Å². The van der Waals surface area contributed by atoms with E-state index in [0.717, 1.165) is 16.4 Å². The number of rotatable bonds is 5. The van der Waals surface area contributed by atoms with Gasteiger partial charge in [-0.3, -0.25) is 4.72 Å². The number of halogens is 2. The van der Waals surface area contributed by atoms with E-state index >= 15 is 0 Å². The molecule has 0 aliphatic carbocycles. The average molecular weight is 376 g/mol. The molecule has 10 heteroatoms. The molecule has 0 bridgehead atoms. The van der Waals surface area contributed by atoms with Gasteiger partial charge in [-0.1, -0.05) is 0 Å². The molecule has 130 valence electrons. The van der Waals surface area contributed by atoms with E-state index in [4.69, 9.17) is 0 Å². The monoisotopic (exact) mass is 376 g/mol. The number of hydrogen-bond acceptors (Lipinski definition) is 4. The summed E-state index contributed by atoms with van der Waals surface area (Å²) in [6.45, 7) is 0. The van der Waals surface area contributed by atoms with Crippen molar-refractivity contribution in [2.75, 3.05) is 18.8 Å². The Morgan fingerprint density at radius 3 is 2.00 bits per heavy atom. The zero-order valence-corrected chi connectivity index (χ0v) is 14.3. The van der Waals surface area contributed by atoms with E-state index in [1.54, 1.807) is 0 Å². The number of benzene rings is 2. The first-order chi connectivity index (χ1) is 11.0. The van der Waals surface area contributed by atoms with Crippen molar-refractivity contribution < 1.29 is 25.6 Å². The molecule has 0 aliphatic heterocycles. The molecule has 0 heterocycles. The second-order valence-electron chi connectivity index (χ2n) is 4.99. The largest absolute Gasteiger partial charge is 0.280 e. The lowest BCUT2D eigenvalue weighted by Gasteiger charge is -2.12. The van der Waals surface area contributed by atoms with Crippen molar-refractivity contribution in [3.05, 3.63) is 54.1 Å². The fourth-order valence-electron chi connectivity index (χ4n) is 1.81. The van der Waals surface area contributed by atoms with E-state index in [1.165, 1.54) is 38.4 Å². The molecule has 0 spiro atoms. The first kappa shape index (κ1) is 18.3. The molecule has 0 radical (unpaired) electrons. The third-order valence-corrected chi connectivity index (χ3v) is 6.31. The maximum Gasteiger partial charge on any atom is 0.264 e. The molecule has 0 amide bonds. The highest BCUT2D eigenvalue weighted by molar-refractivity contribution is 7.92. The van der Waals surface area contributed by atoms with Gasteiger partial charge in [-0.05, 0) is 36.4 Å². The lowest BCUT2D eigenvalue weighted by molar-refractivity contribution is 0.521. The van der Waals surface area contributed by atoms with Gasteiger partial charge in [-0.2, -0.15) is 0 Å². The maximum absolute atomic E-state index is 13.6. The molecule has 0 aliphatic rings. The fourth-order valence-corrected chi connectivity index (χ4v) is 3.83. The summed E-state index contributed by atoms with van der Waals surface area (Å²) >= 11 is 0. The zero-order valence-electron chi connectivity index (χ0n) is 12.7. The van der Waals surface area contributed by atoms with Crippen LogP contribution in [0.25, 0.3) is 0 Å². The number of sulfonamides is 2. The van der Waals surface area contributed by atoms with Crippen molar-refractivity contribution in [2.45, 2.75) is 9.79 Å². The smallest absolute Gasteiger partial charge is 0.264 e. The lowest BCUT2D eigenvalue weighted by atomic mass is 10.3. The van der Waals surface area contributed by atoms with E-state index in [0.29, 0.717) is 6.07 Å². The molecule has 2 aromatic rings. The minimum Gasteiger partial charge on any atom is -0.280 e. The van der Waals surface area contributed by atoms with E-state index in [1.807, 2.05) is 0 Å². The molecule has 2 rings (SSSR count). The first-order valence-corrected chi connectivity index (χ1v) is 9.47. The summed E-state index contributed by atoms with van der Waals surface area (Å²) in [6, 6.07) is 6.98. The SMILES string of the molecule is CN(C)S(=O)(=O)c1ccc(NS(=O)(=O)c2ccc(F)cc2F)cc1. The topological polar surface area (TPSA) is 83.6 Å². The van der Waals surface area contributed by atoms with Crippen LogP contribution in [0.4, 0.5) is 14.5 Å². The van der Waals surface area contributed by atoms with Crippen molar-refractivity contribution in [1.29, 1.82) is 0 Å². The Labute approximate surface area is 138 Å². The molecular formula is C14H14F2N2O4S2. The molecular weight excluding hydrogens is 362 g/mol. The zero-order chi connectivity index (χ0) is 18.1. The summed E-state index contributed by atoms with van der Waals surface area (Å²) in [4.78, 5) is -0.739. The van der Waals surface area contributed by atoms with E-state index in [-0.39, 0.29) is 10.6 Å². The average Bonchev–Trinajstić information content (AvgIpc) is 2.46. The van der Waals surface area contributed by atoms with Gasteiger partial charge in [-0.25, -0.2) is 29.9 Å². The quantitative estimate of drug-likeness (QED) is 0.865. The summed E-state index contributed by atoms with van der Waals surface area (Å²) < 4.78 is 77.7. The van der Waals surface area contributed by atoms with Crippen molar-refractivity contribution in [2.24, 2.45) is 0 Å². The molecule has 0 atom stereocenters. The van der Waals surface area contributed by atoms with Gasteiger partial charge in [-0.15, -0.1) is 0 Å². The van der Waals surface area contributed by atoms with Crippen LogP contribution < -0.4 is 4.72 Å². The van der Waals surface area contributed by atoms with Gasteiger partial charge < -0.3 is 0 Å². The van der Waals surface area contributed by atoms with Gasteiger partial charge in [0.2, 0.25) is 10.0 Å². The minimum atomic E-state index is -4.28. The van der Waals surface area contributed by atoms with Crippen LogP contribution in [0, 0.1) is 11.6 Å². The number of anilines is 1. The fraction of sp³-hybridized carbons (Fsp3) is 0.143. The van der Waals surface area contributed by atoms with Crippen LogP contribution in [0.15, 0.2) is 52.3 Å². The van der Waals surface area contributed by atoms with Crippen LogP contribution >= 0.6 is 0 Å². The third-order valence-electron chi connectivity index (χ3n) is 3.07. The van der Waals surface area contributed by atoms with Crippen molar-refractivity contribution >= 4 is 25.7 Å². The molecule has 1 N–H and O–H groups in total. The molecule has 0 unspecified atom stereocenters. The van der Waals surface area contributed by atoms with E-state index in [2.05, 4.69) is 4.72 Å². The molecule has 0 saturated carbocycles. The highest BCUT2D eigenvalue weighted by Crippen LogP contribution is 2.21. The molecule has 0 saturated heterocycles. The van der Waals surface area contributed by atoms with Gasteiger partial charge in [0, 0.05) is 25.8 Å². The summed E-state index contributed by atoms with van der Waals surface area (Å²) in [5.74, 6) is -2.13. The Morgan fingerprint density at radius 1 is 0.917 bits per heavy atom. The molecule has 0 aromatic heterocycles. The Kier molecular flexibility index (Phi) is 4.92. The second-order valence-corrected chi connectivity index (χ2v) is 8.79. The van der Waals surface area contributed by atoms with Crippen LogP contribution in [-0.2, 0) is 20.0 Å². The van der Waals surface area contributed by atoms with Gasteiger partial charge in [0.25, 0.3) is 10.0 Å². The predicted molar refractivity (Wildman–Crippen MR) is 84.5 cm³/mol. The predicted octanol–water partition coefficient (Wildman–Crippen LogP) is 2.02. The molecule has 0 fully saturated rings. The summed E-state index contributed by atoms with van der Waals surface area (Å²) in [6.07, 6.45) is 0. The van der Waals surface area contributed by atoms with E-state index < -0.39 is 36.6 Å². The van der Waals surface area contributed by atoms with Gasteiger partial charge >= 0.3 is 0 Å². The van der Waals surface area contributed by atoms with Crippen molar-refractivity contribution in [1.82, 2.24) is 4.31 Å². The Hall–Kier alpha value is -2.04.